The van der Waals surface area contributed by atoms with Gasteiger partial charge >= 0.3 is 5.97 Å². The molecule has 0 bridgehead atoms. The van der Waals surface area contributed by atoms with Crippen LogP contribution in [0.5, 0.6) is 11.5 Å². The maximum absolute atomic E-state index is 12.5. The Kier molecular flexibility index (Phi) is 5.85. The molecular formula is C22H22N2O5S. The van der Waals surface area contributed by atoms with Gasteiger partial charge in [-0.25, -0.2) is 9.78 Å². The van der Waals surface area contributed by atoms with E-state index in [0.717, 1.165) is 41.6 Å². The van der Waals surface area contributed by atoms with Gasteiger partial charge in [0.25, 0.3) is 5.56 Å². The van der Waals surface area contributed by atoms with Crippen molar-refractivity contribution in [2.45, 2.75) is 32.3 Å². The number of aromatic nitrogens is 2. The van der Waals surface area contributed by atoms with Gasteiger partial charge in [-0.2, -0.15) is 0 Å². The second-order valence-corrected chi connectivity index (χ2v) is 8.04. The summed E-state index contributed by atoms with van der Waals surface area (Å²) in [4.78, 5) is 33.9. The summed E-state index contributed by atoms with van der Waals surface area (Å²) >= 11 is 1.57. The van der Waals surface area contributed by atoms with Crippen LogP contribution in [0.2, 0.25) is 0 Å². The molecule has 1 aliphatic carbocycles. The number of nitrogens with zero attached hydrogens (tertiary/aromatic N) is 1. The lowest BCUT2D eigenvalue weighted by Gasteiger charge is -2.09. The molecule has 0 fully saturated rings. The van der Waals surface area contributed by atoms with Crippen molar-refractivity contribution in [1.29, 1.82) is 0 Å². The number of nitrogens with one attached hydrogen (secondary N) is 1. The van der Waals surface area contributed by atoms with Crippen LogP contribution in [0.3, 0.4) is 0 Å². The molecule has 1 aromatic carbocycles. The number of benzene rings is 1. The summed E-state index contributed by atoms with van der Waals surface area (Å²) < 4.78 is 15.7. The number of fused-ring (bicyclic) bond motifs is 3. The van der Waals surface area contributed by atoms with E-state index in [4.69, 9.17) is 14.2 Å². The second kappa shape index (κ2) is 8.71. The average Bonchev–Trinajstić information content (AvgIpc) is 3.14. The summed E-state index contributed by atoms with van der Waals surface area (Å²) in [5.41, 5.74) is 1.74. The Morgan fingerprint density at radius 2 is 2.00 bits per heavy atom. The van der Waals surface area contributed by atoms with Crippen LogP contribution in [-0.2, 0) is 29.0 Å². The number of hydrogen-bond acceptors (Lipinski definition) is 7. The van der Waals surface area contributed by atoms with Crippen molar-refractivity contribution < 1.29 is 19.0 Å². The van der Waals surface area contributed by atoms with E-state index in [-0.39, 0.29) is 12.2 Å². The fraction of sp³-hybridized carbons (Fsp3) is 0.318. The number of carbonyl (C=O) groups is 1. The van der Waals surface area contributed by atoms with E-state index >= 15 is 0 Å². The fourth-order valence-electron chi connectivity index (χ4n) is 3.59. The smallest absolute Gasteiger partial charge is 0.331 e. The molecule has 4 rings (SSSR count). The minimum Gasteiger partial charge on any atom is -0.493 e. The third-order valence-electron chi connectivity index (χ3n) is 5.04. The highest BCUT2D eigenvalue weighted by molar-refractivity contribution is 7.18. The van der Waals surface area contributed by atoms with Crippen molar-refractivity contribution in [1.82, 2.24) is 9.97 Å². The van der Waals surface area contributed by atoms with Crippen LogP contribution in [0.4, 0.5) is 0 Å². The van der Waals surface area contributed by atoms with Gasteiger partial charge in [0.2, 0.25) is 0 Å². The van der Waals surface area contributed by atoms with E-state index in [2.05, 4.69) is 9.97 Å². The molecule has 0 saturated carbocycles. The number of methoxy groups -OCH3 is 2. The van der Waals surface area contributed by atoms with Gasteiger partial charge in [0.15, 0.2) is 11.5 Å². The molecule has 8 heteroatoms. The van der Waals surface area contributed by atoms with E-state index < -0.39 is 5.97 Å². The zero-order chi connectivity index (χ0) is 21.1. The lowest BCUT2D eigenvalue weighted by atomic mass is 9.97. The van der Waals surface area contributed by atoms with Gasteiger partial charge in [0.1, 0.15) is 17.3 Å². The third kappa shape index (κ3) is 4.09. The molecule has 7 nitrogen and oxygen atoms in total. The predicted molar refractivity (Wildman–Crippen MR) is 115 cm³/mol. The van der Waals surface area contributed by atoms with Gasteiger partial charge in [-0.15, -0.1) is 11.3 Å². The Hall–Kier alpha value is -3.13. The molecule has 1 aliphatic rings. The standard InChI is InChI=1S/C22H22N2O5S/c1-27-15-9-7-13(11-16(15)28-2)8-10-19(25)29-12-18-23-21(26)20-14-5-3-4-6-17(14)30-22(20)24-18/h7-11H,3-6,12H2,1-2H3,(H,23,24,26). The zero-order valence-corrected chi connectivity index (χ0v) is 17.6. The van der Waals surface area contributed by atoms with Crippen LogP contribution < -0.4 is 15.0 Å². The van der Waals surface area contributed by atoms with Gasteiger partial charge in [-0.1, -0.05) is 6.07 Å². The SMILES string of the molecule is COc1ccc(C=CC(=O)OCc2nc3sc4c(c3c(=O)[nH]2)CCCC4)cc1OC. The molecule has 2 heterocycles. The van der Waals surface area contributed by atoms with E-state index in [0.29, 0.717) is 22.7 Å². The molecule has 0 spiro atoms. The highest BCUT2D eigenvalue weighted by atomic mass is 32.1. The number of aromatic amines is 1. The van der Waals surface area contributed by atoms with Crippen LogP contribution in [-0.4, -0.2) is 30.2 Å². The summed E-state index contributed by atoms with van der Waals surface area (Å²) in [6.45, 7) is -0.0944. The van der Waals surface area contributed by atoms with Crippen LogP contribution in [0.1, 0.15) is 34.7 Å². The number of ether oxygens (including phenoxy) is 3. The highest BCUT2D eigenvalue weighted by Crippen LogP contribution is 2.33. The number of aryl methyl sites for hydroxylation is 2. The van der Waals surface area contributed by atoms with Gasteiger partial charge in [-0.05, 0) is 55.0 Å². The highest BCUT2D eigenvalue weighted by Gasteiger charge is 2.19. The minimum atomic E-state index is -0.530. The Labute approximate surface area is 177 Å². The van der Waals surface area contributed by atoms with Crippen LogP contribution in [0, 0.1) is 0 Å². The Balaban J connectivity index is 1.44. The van der Waals surface area contributed by atoms with Gasteiger partial charge in [-0.3, -0.25) is 4.79 Å². The summed E-state index contributed by atoms with van der Waals surface area (Å²) in [5.74, 6) is 0.997. The molecular weight excluding hydrogens is 404 g/mol. The maximum atomic E-state index is 12.5. The monoisotopic (exact) mass is 426 g/mol. The lowest BCUT2D eigenvalue weighted by molar-refractivity contribution is -0.139. The quantitative estimate of drug-likeness (QED) is 0.478. The zero-order valence-electron chi connectivity index (χ0n) is 16.8. The van der Waals surface area contributed by atoms with Crippen molar-refractivity contribution in [3.05, 3.63) is 56.5 Å². The van der Waals surface area contributed by atoms with Gasteiger partial charge in [0.05, 0.1) is 19.6 Å². The van der Waals surface area contributed by atoms with Crippen molar-refractivity contribution in [3.63, 3.8) is 0 Å². The number of H-pyrrole nitrogens is 1. The number of hydrogen-bond donors (Lipinski definition) is 1. The molecule has 0 atom stereocenters. The van der Waals surface area contributed by atoms with Crippen LogP contribution in [0.15, 0.2) is 29.1 Å². The van der Waals surface area contributed by atoms with E-state index in [1.807, 2.05) is 0 Å². The first-order chi connectivity index (χ1) is 14.6. The van der Waals surface area contributed by atoms with Crippen molar-refractivity contribution >= 4 is 33.6 Å². The molecule has 1 N–H and O–H groups in total. The molecule has 0 aliphatic heterocycles. The molecule has 0 radical (unpaired) electrons. The number of carbonyl (C=O) groups excluding carboxylic acids is 1. The molecule has 2 aromatic heterocycles. The fourth-order valence-corrected chi connectivity index (χ4v) is 4.87. The lowest BCUT2D eigenvalue weighted by Crippen LogP contribution is -2.14. The Morgan fingerprint density at radius 3 is 2.80 bits per heavy atom. The number of rotatable bonds is 6. The van der Waals surface area contributed by atoms with Gasteiger partial charge in [0, 0.05) is 11.0 Å². The summed E-state index contributed by atoms with van der Waals surface area (Å²) in [6, 6.07) is 5.32. The molecule has 30 heavy (non-hydrogen) atoms. The van der Waals surface area contributed by atoms with Crippen LogP contribution >= 0.6 is 11.3 Å². The van der Waals surface area contributed by atoms with E-state index in [1.54, 1.807) is 49.8 Å². The first-order valence-electron chi connectivity index (χ1n) is 9.69. The second-order valence-electron chi connectivity index (χ2n) is 6.96. The number of thiophene rings is 1. The minimum absolute atomic E-state index is 0.0944. The number of esters is 1. The van der Waals surface area contributed by atoms with Crippen molar-refractivity contribution in [3.8, 4) is 11.5 Å². The molecule has 0 unspecified atom stereocenters. The summed E-state index contributed by atoms with van der Waals surface area (Å²) in [7, 11) is 3.11. The predicted octanol–water partition coefficient (Wildman–Crippen LogP) is 3.64. The molecule has 156 valence electrons. The van der Waals surface area contributed by atoms with Gasteiger partial charge < -0.3 is 19.2 Å². The largest absolute Gasteiger partial charge is 0.493 e. The first-order valence-corrected chi connectivity index (χ1v) is 10.5. The Bertz CT molecular complexity index is 1180. The van der Waals surface area contributed by atoms with Crippen molar-refractivity contribution in [2.75, 3.05) is 14.2 Å². The van der Waals surface area contributed by atoms with E-state index in [1.165, 1.54) is 11.0 Å². The van der Waals surface area contributed by atoms with Crippen molar-refractivity contribution in [2.24, 2.45) is 0 Å². The average molecular weight is 426 g/mol. The molecule has 0 amide bonds. The van der Waals surface area contributed by atoms with Crippen LogP contribution in [0.25, 0.3) is 16.3 Å². The Morgan fingerprint density at radius 1 is 1.20 bits per heavy atom. The topological polar surface area (TPSA) is 90.5 Å². The normalized spacial score (nSPS) is 13.4. The third-order valence-corrected chi connectivity index (χ3v) is 6.23. The molecule has 3 aromatic rings. The summed E-state index contributed by atoms with van der Waals surface area (Å²) in [5, 5.41) is 0.693. The molecule has 0 saturated heterocycles. The van der Waals surface area contributed by atoms with E-state index in [9.17, 15) is 9.59 Å². The summed E-state index contributed by atoms with van der Waals surface area (Å²) in [6.07, 6.45) is 7.12. The maximum Gasteiger partial charge on any atom is 0.331 e. The first kappa shape index (κ1) is 20.2.